The predicted octanol–water partition coefficient (Wildman–Crippen LogP) is 4.36. The molecule has 2 nitrogen and oxygen atoms in total. The molecule has 1 aromatic rings. The normalized spacial score (nSPS) is 10.3. The fraction of sp³-hybridized carbons (Fsp3) is 0.500. The quantitative estimate of drug-likeness (QED) is 0.678. The van der Waals surface area contributed by atoms with E-state index >= 15 is 0 Å². The summed E-state index contributed by atoms with van der Waals surface area (Å²) in [6.07, 6.45) is 8.78. The monoisotopic (exact) mass is 246 g/mol. The van der Waals surface area contributed by atoms with Crippen molar-refractivity contribution in [3.63, 3.8) is 0 Å². The molecular formula is C16H24NO. The van der Waals surface area contributed by atoms with E-state index in [1.54, 1.807) is 0 Å². The maximum Gasteiger partial charge on any atom is 0.224 e. The summed E-state index contributed by atoms with van der Waals surface area (Å²) in [5, 5.41) is 2.78. The van der Waals surface area contributed by atoms with Gasteiger partial charge in [-0.05, 0) is 24.5 Å². The number of benzene rings is 1. The highest BCUT2D eigenvalue weighted by atomic mass is 16.1. The molecule has 0 saturated heterocycles. The van der Waals surface area contributed by atoms with Crippen LogP contribution in [-0.4, -0.2) is 5.91 Å². The third-order valence-corrected chi connectivity index (χ3v) is 3.09. The zero-order valence-electron chi connectivity index (χ0n) is 11.4. The van der Waals surface area contributed by atoms with E-state index in [4.69, 9.17) is 0 Å². The molecule has 0 aliphatic rings. The van der Waals surface area contributed by atoms with E-state index in [2.05, 4.69) is 25.2 Å². The lowest BCUT2D eigenvalue weighted by Gasteiger charge is -2.09. The van der Waals surface area contributed by atoms with Crippen molar-refractivity contribution in [2.45, 2.75) is 51.9 Å². The lowest BCUT2D eigenvalue weighted by Crippen LogP contribution is -2.08. The molecule has 0 fully saturated rings. The number of unbranched alkanes of at least 4 members (excludes halogenated alkanes) is 5. The number of anilines is 1. The third-order valence-electron chi connectivity index (χ3n) is 3.09. The first-order chi connectivity index (χ1) is 8.74. The van der Waals surface area contributed by atoms with Crippen LogP contribution in [0.5, 0.6) is 0 Å². The predicted molar refractivity (Wildman–Crippen MR) is 77.5 cm³/mol. The maximum atomic E-state index is 11.0. The van der Waals surface area contributed by atoms with Gasteiger partial charge in [0, 0.05) is 12.6 Å². The van der Waals surface area contributed by atoms with Crippen LogP contribution in [0.2, 0.25) is 0 Å². The van der Waals surface area contributed by atoms with Crippen LogP contribution in [0.3, 0.4) is 0 Å². The number of para-hydroxylation sites is 1. The number of hydrogen-bond donors (Lipinski definition) is 1. The largest absolute Gasteiger partial charge is 0.326 e. The molecule has 1 rings (SSSR count). The van der Waals surface area contributed by atoms with Gasteiger partial charge in [0.05, 0.1) is 0 Å². The molecule has 0 bridgehead atoms. The van der Waals surface area contributed by atoms with E-state index in [0.29, 0.717) is 0 Å². The Bertz CT molecular complexity index is 360. The van der Waals surface area contributed by atoms with Gasteiger partial charge in [0.1, 0.15) is 0 Å². The van der Waals surface area contributed by atoms with Crippen LogP contribution in [0.4, 0.5) is 5.69 Å². The molecule has 1 N–H and O–H groups in total. The second-order valence-corrected chi connectivity index (χ2v) is 4.72. The van der Waals surface area contributed by atoms with Crippen molar-refractivity contribution in [2.75, 3.05) is 5.32 Å². The Hall–Kier alpha value is -1.31. The van der Waals surface area contributed by atoms with Gasteiger partial charge in [-0.3, -0.25) is 4.79 Å². The minimum Gasteiger partial charge on any atom is -0.326 e. The summed E-state index contributed by atoms with van der Waals surface area (Å²) in [7, 11) is 0. The maximum absolute atomic E-state index is 11.0. The summed E-state index contributed by atoms with van der Waals surface area (Å²) in [5.74, 6) is -0.245. The highest BCUT2D eigenvalue weighted by Crippen LogP contribution is 2.18. The molecule has 99 valence electrons. The van der Waals surface area contributed by atoms with Crippen molar-refractivity contribution in [1.29, 1.82) is 0 Å². The second kappa shape index (κ2) is 8.73. The molecule has 0 spiro atoms. The summed E-state index contributed by atoms with van der Waals surface area (Å²) in [5.41, 5.74) is 2.12. The van der Waals surface area contributed by atoms with Crippen molar-refractivity contribution in [1.82, 2.24) is 0 Å². The number of carbonyl (C=O) groups excluding carboxylic acids is 1. The molecule has 1 radical (unpaired) electrons. The number of rotatable bonds is 8. The Morgan fingerprint density at radius 1 is 1.11 bits per heavy atom. The first-order valence-corrected chi connectivity index (χ1v) is 6.95. The lowest BCUT2D eigenvalue weighted by molar-refractivity contribution is -0.112. The molecule has 0 saturated carbocycles. The van der Waals surface area contributed by atoms with Crippen LogP contribution in [0.1, 0.15) is 51.0 Å². The molecular weight excluding hydrogens is 222 g/mol. The van der Waals surface area contributed by atoms with Crippen LogP contribution < -0.4 is 5.32 Å². The molecule has 0 atom stereocenters. The lowest BCUT2D eigenvalue weighted by atomic mass is 10.0. The number of nitrogens with one attached hydrogen (secondary N) is 1. The Morgan fingerprint density at radius 2 is 1.78 bits per heavy atom. The van der Waals surface area contributed by atoms with E-state index in [-0.39, 0.29) is 5.91 Å². The fourth-order valence-corrected chi connectivity index (χ4v) is 2.11. The Labute approximate surface area is 111 Å². The Morgan fingerprint density at radius 3 is 2.50 bits per heavy atom. The fourth-order valence-electron chi connectivity index (χ4n) is 2.11. The van der Waals surface area contributed by atoms with Crippen molar-refractivity contribution in [3.8, 4) is 0 Å². The minimum absolute atomic E-state index is 0.245. The number of amides is 1. The molecule has 0 heterocycles. The van der Waals surface area contributed by atoms with Gasteiger partial charge in [0.25, 0.3) is 0 Å². The highest BCUT2D eigenvalue weighted by molar-refractivity contribution is 5.94. The van der Waals surface area contributed by atoms with Crippen LogP contribution >= 0.6 is 0 Å². The van der Waals surface area contributed by atoms with E-state index < -0.39 is 0 Å². The van der Waals surface area contributed by atoms with Crippen molar-refractivity contribution in [2.24, 2.45) is 0 Å². The molecule has 0 unspecified atom stereocenters. The molecule has 1 amide bonds. The second-order valence-electron chi connectivity index (χ2n) is 4.72. The third kappa shape index (κ3) is 5.85. The number of hydrogen-bond acceptors (Lipinski definition) is 1. The zero-order valence-corrected chi connectivity index (χ0v) is 11.4. The molecule has 2 heteroatoms. The van der Waals surface area contributed by atoms with Crippen LogP contribution in [0, 0.1) is 6.92 Å². The summed E-state index contributed by atoms with van der Waals surface area (Å²) < 4.78 is 0. The number of aryl methyl sites for hydroxylation is 1. The van der Waals surface area contributed by atoms with Crippen LogP contribution in [-0.2, 0) is 11.2 Å². The SMILES string of the molecule is [CH2]C(=O)Nc1ccccc1CCCCCCCC. The van der Waals surface area contributed by atoms with Crippen LogP contribution in [0.15, 0.2) is 24.3 Å². The van der Waals surface area contributed by atoms with Gasteiger partial charge in [0.15, 0.2) is 0 Å². The average molecular weight is 246 g/mol. The van der Waals surface area contributed by atoms with Crippen molar-refractivity contribution < 1.29 is 4.79 Å². The van der Waals surface area contributed by atoms with Gasteiger partial charge < -0.3 is 5.32 Å². The average Bonchev–Trinajstić information content (AvgIpc) is 2.35. The van der Waals surface area contributed by atoms with E-state index in [1.165, 1.54) is 44.1 Å². The van der Waals surface area contributed by atoms with Gasteiger partial charge in [-0.2, -0.15) is 0 Å². The Kier molecular flexibility index (Phi) is 7.16. The molecule has 0 aromatic heterocycles. The number of carbonyl (C=O) groups is 1. The van der Waals surface area contributed by atoms with Crippen molar-refractivity contribution >= 4 is 11.6 Å². The summed E-state index contributed by atoms with van der Waals surface area (Å²) in [6, 6.07) is 7.98. The molecule has 0 aliphatic carbocycles. The smallest absolute Gasteiger partial charge is 0.224 e. The van der Waals surface area contributed by atoms with Crippen LogP contribution in [0.25, 0.3) is 0 Å². The topological polar surface area (TPSA) is 29.1 Å². The Balaban J connectivity index is 2.34. The summed E-state index contributed by atoms with van der Waals surface area (Å²) in [4.78, 5) is 11.0. The standard InChI is InChI=1S/C16H24NO/c1-3-4-5-6-7-8-11-15-12-9-10-13-16(15)17-14(2)18/h9-10,12-13H,2-8,11H2,1H3,(H,17,18). The molecule has 1 aromatic carbocycles. The van der Waals surface area contributed by atoms with Crippen molar-refractivity contribution in [3.05, 3.63) is 36.8 Å². The first-order valence-electron chi connectivity index (χ1n) is 6.95. The van der Waals surface area contributed by atoms with Gasteiger partial charge in [-0.1, -0.05) is 57.2 Å². The van der Waals surface area contributed by atoms with E-state index in [0.717, 1.165) is 12.1 Å². The highest BCUT2D eigenvalue weighted by Gasteiger charge is 2.02. The summed E-state index contributed by atoms with van der Waals surface area (Å²) in [6.45, 7) is 5.59. The van der Waals surface area contributed by atoms with Gasteiger partial charge in [0.2, 0.25) is 5.91 Å². The molecule has 18 heavy (non-hydrogen) atoms. The first kappa shape index (κ1) is 14.7. The molecule has 0 aliphatic heterocycles. The van der Waals surface area contributed by atoms with E-state index in [1.807, 2.05) is 18.2 Å². The van der Waals surface area contributed by atoms with Gasteiger partial charge >= 0.3 is 0 Å². The van der Waals surface area contributed by atoms with Gasteiger partial charge in [-0.25, -0.2) is 0 Å². The van der Waals surface area contributed by atoms with E-state index in [9.17, 15) is 4.79 Å². The van der Waals surface area contributed by atoms with Gasteiger partial charge in [-0.15, -0.1) is 0 Å². The zero-order chi connectivity index (χ0) is 13.2. The summed E-state index contributed by atoms with van der Waals surface area (Å²) >= 11 is 0. The minimum atomic E-state index is -0.245.